The quantitative estimate of drug-likeness (QED) is 0.913. The zero-order chi connectivity index (χ0) is 16.9. The van der Waals surface area contributed by atoms with E-state index in [0.29, 0.717) is 11.7 Å². The predicted molar refractivity (Wildman–Crippen MR) is 94.8 cm³/mol. The van der Waals surface area contributed by atoms with Gasteiger partial charge in [0, 0.05) is 38.6 Å². The van der Waals surface area contributed by atoms with E-state index in [2.05, 4.69) is 21.6 Å². The number of benzene rings is 1. The number of carbonyl (C=O) groups excluding carboxylic acids is 1. The zero-order valence-corrected chi connectivity index (χ0v) is 14.7. The van der Waals surface area contributed by atoms with Gasteiger partial charge in [-0.2, -0.15) is 0 Å². The third kappa shape index (κ3) is 4.28. The average molecular weight is 331 g/mol. The number of piperazine rings is 1. The van der Waals surface area contributed by atoms with Crippen LogP contribution in [0.5, 0.6) is 5.75 Å². The molecule has 1 N–H and O–H groups in total. The minimum absolute atomic E-state index is 0.193. The van der Waals surface area contributed by atoms with Crippen LogP contribution in [0.4, 0.5) is 0 Å². The van der Waals surface area contributed by atoms with Gasteiger partial charge in [-0.1, -0.05) is 19.1 Å². The molecular formula is C19H29N3O2. The maximum absolute atomic E-state index is 12.7. The van der Waals surface area contributed by atoms with E-state index in [-0.39, 0.29) is 5.92 Å². The molecule has 24 heavy (non-hydrogen) atoms. The number of carbonyl (C=O) groups is 1. The summed E-state index contributed by atoms with van der Waals surface area (Å²) in [5.74, 6) is 0.880. The Hall–Kier alpha value is -1.59. The van der Waals surface area contributed by atoms with Crippen LogP contribution in [0, 0.1) is 5.92 Å². The Morgan fingerprint density at radius 2 is 1.79 bits per heavy atom. The van der Waals surface area contributed by atoms with Gasteiger partial charge in [-0.25, -0.2) is 0 Å². The molecule has 0 unspecified atom stereocenters. The highest BCUT2D eigenvalue weighted by Gasteiger charge is 2.30. The monoisotopic (exact) mass is 331 g/mol. The van der Waals surface area contributed by atoms with Crippen LogP contribution in [0.25, 0.3) is 0 Å². The molecule has 0 aromatic heterocycles. The highest BCUT2D eigenvalue weighted by atomic mass is 16.3. The zero-order valence-electron chi connectivity index (χ0n) is 14.7. The lowest BCUT2D eigenvalue weighted by atomic mass is 9.94. The van der Waals surface area contributed by atoms with Crippen LogP contribution >= 0.6 is 0 Å². The second-order valence-corrected chi connectivity index (χ2v) is 6.98. The summed E-state index contributed by atoms with van der Waals surface area (Å²) >= 11 is 0. The molecule has 0 radical (unpaired) electrons. The molecule has 0 spiro atoms. The van der Waals surface area contributed by atoms with Crippen LogP contribution < -0.4 is 0 Å². The van der Waals surface area contributed by atoms with Crippen molar-refractivity contribution in [3.63, 3.8) is 0 Å². The fourth-order valence-electron chi connectivity index (χ4n) is 3.79. The van der Waals surface area contributed by atoms with Crippen molar-refractivity contribution in [1.29, 1.82) is 0 Å². The number of piperidine rings is 1. The molecule has 132 valence electrons. The maximum atomic E-state index is 12.7. The highest BCUT2D eigenvalue weighted by Crippen LogP contribution is 2.22. The van der Waals surface area contributed by atoms with Gasteiger partial charge >= 0.3 is 0 Å². The summed E-state index contributed by atoms with van der Waals surface area (Å²) in [6, 6.07) is 7.46. The Morgan fingerprint density at radius 3 is 2.42 bits per heavy atom. The first-order valence-electron chi connectivity index (χ1n) is 9.17. The second kappa shape index (κ2) is 7.99. The smallest absolute Gasteiger partial charge is 0.225 e. The molecule has 0 atom stereocenters. The van der Waals surface area contributed by atoms with E-state index >= 15 is 0 Å². The minimum Gasteiger partial charge on any atom is -0.508 e. The van der Waals surface area contributed by atoms with E-state index in [1.807, 2.05) is 18.2 Å². The summed E-state index contributed by atoms with van der Waals surface area (Å²) in [5, 5.41) is 9.57. The Kier molecular flexibility index (Phi) is 5.74. The molecule has 1 aromatic rings. The summed E-state index contributed by atoms with van der Waals surface area (Å²) in [6.07, 6.45) is 1.90. The van der Waals surface area contributed by atoms with Crippen LogP contribution in [0.15, 0.2) is 24.3 Å². The molecule has 2 aliphatic rings. The minimum atomic E-state index is 0.193. The van der Waals surface area contributed by atoms with Gasteiger partial charge in [-0.15, -0.1) is 0 Å². The predicted octanol–water partition coefficient (Wildman–Crippen LogP) is 1.77. The normalized spacial score (nSPS) is 21.1. The Labute approximate surface area is 144 Å². The molecule has 1 aromatic carbocycles. The molecule has 2 saturated heterocycles. The molecule has 5 heteroatoms. The standard InChI is InChI=1S/C19H29N3O2/c1-2-20-10-12-22(13-11-20)19(24)17-6-8-21(9-7-17)15-16-4-3-5-18(23)14-16/h3-5,14,17,23H,2,6-13,15H2,1H3. The van der Waals surface area contributed by atoms with Crippen molar-refractivity contribution in [2.45, 2.75) is 26.3 Å². The van der Waals surface area contributed by atoms with Crippen LogP contribution in [-0.4, -0.2) is 71.5 Å². The lowest BCUT2D eigenvalue weighted by Crippen LogP contribution is -2.51. The molecule has 5 nitrogen and oxygen atoms in total. The lowest BCUT2D eigenvalue weighted by molar-refractivity contribution is -0.138. The fourth-order valence-corrected chi connectivity index (χ4v) is 3.79. The van der Waals surface area contributed by atoms with E-state index in [1.165, 1.54) is 0 Å². The highest BCUT2D eigenvalue weighted by molar-refractivity contribution is 5.79. The van der Waals surface area contributed by atoms with Gasteiger partial charge in [-0.05, 0) is 50.2 Å². The third-order valence-electron chi connectivity index (χ3n) is 5.38. The number of phenols is 1. The molecule has 0 aliphatic carbocycles. The SMILES string of the molecule is CCN1CCN(C(=O)C2CCN(Cc3cccc(O)c3)CC2)CC1. The first kappa shape index (κ1) is 17.2. The molecular weight excluding hydrogens is 302 g/mol. The summed E-state index contributed by atoms with van der Waals surface area (Å²) in [6.45, 7) is 9.82. The lowest BCUT2D eigenvalue weighted by Gasteiger charge is -2.38. The van der Waals surface area contributed by atoms with Gasteiger partial charge in [0.05, 0.1) is 0 Å². The van der Waals surface area contributed by atoms with Crippen LogP contribution in [0.2, 0.25) is 0 Å². The molecule has 2 aliphatic heterocycles. The largest absolute Gasteiger partial charge is 0.508 e. The van der Waals surface area contributed by atoms with Crippen LogP contribution in [0.1, 0.15) is 25.3 Å². The molecule has 2 fully saturated rings. The fraction of sp³-hybridized carbons (Fsp3) is 0.632. The maximum Gasteiger partial charge on any atom is 0.225 e. The molecule has 2 heterocycles. The van der Waals surface area contributed by atoms with Gasteiger partial charge in [-0.3, -0.25) is 9.69 Å². The number of phenolic OH excluding ortho intramolecular Hbond substituents is 1. The number of likely N-dealkylation sites (tertiary alicyclic amines) is 1. The number of likely N-dealkylation sites (N-methyl/N-ethyl adjacent to an activating group) is 1. The number of hydrogen-bond acceptors (Lipinski definition) is 4. The van der Waals surface area contributed by atoms with Crippen LogP contribution in [0.3, 0.4) is 0 Å². The summed E-state index contributed by atoms with van der Waals surface area (Å²) < 4.78 is 0. The van der Waals surface area contributed by atoms with Crippen molar-refractivity contribution < 1.29 is 9.90 Å². The number of hydrogen-bond donors (Lipinski definition) is 1. The van der Waals surface area contributed by atoms with Crippen LogP contribution in [-0.2, 0) is 11.3 Å². The van der Waals surface area contributed by atoms with E-state index in [4.69, 9.17) is 0 Å². The van der Waals surface area contributed by atoms with Gasteiger partial charge in [0.25, 0.3) is 0 Å². The number of nitrogens with zero attached hydrogens (tertiary/aromatic N) is 3. The average Bonchev–Trinajstić information content (AvgIpc) is 2.62. The van der Waals surface area contributed by atoms with Crippen molar-refractivity contribution >= 4 is 5.91 Å². The topological polar surface area (TPSA) is 47.0 Å². The van der Waals surface area contributed by atoms with Crippen molar-refractivity contribution in [1.82, 2.24) is 14.7 Å². The Morgan fingerprint density at radius 1 is 1.08 bits per heavy atom. The van der Waals surface area contributed by atoms with Crippen molar-refractivity contribution in [2.24, 2.45) is 5.92 Å². The van der Waals surface area contributed by atoms with Crippen molar-refractivity contribution in [2.75, 3.05) is 45.8 Å². The number of rotatable bonds is 4. The van der Waals surface area contributed by atoms with Gasteiger partial charge in [0.1, 0.15) is 5.75 Å². The van der Waals surface area contributed by atoms with Crippen molar-refractivity contribution in [3.05, 3.63) is 29.8 Å². The molecule has 0 saturated carbocycles. The Balaban J connectivity index is 1.45. The Bertz CT molecular complexity index is 547. The van der Waals surface area contributed by atoms with Gasteiger partial charge in [0.2, 0.25) is 5.91 Å². The van der Waals surface area contributed by atoms with E-state index < -0.39 is 0 Å². The third-order valence-corrected chi connectivity index (χ3v) is 5.38. The van der Waals surface area contributed by atoms with Gasteiger partial charge in [0.15, 0.2) is 0 Å². The van der Waals surface area contributed by atoms with Gasteiger partial charge < -0.3 is 14.9 Å². The molecule has 3 rings (SSSR count). The second-order valence-electron chi connectivity index (χ2n) is 6.98. The summed E-state index contributed by atoms with van der Waals surface area (Å²) in [4.78, 5) is 19.6. The van der Waals surface area contributed by atoms with E-state index in [9.17, 15) is 9.90 Å². The summed E-state index contributed by atoms with van der Waals surface area (Å²) in [7, 11) is 0. The number of amides is 1. The van der Waals surface area contributed by atoms with E-state index in [1.54, 1.807) is 6.07 Å². The number of aromatic hydroxyl groups is 1. The van der Waals surface area contributed by atoms with E-state index in [0.717, 1.165) is 70.8 Å². The molecule has 0 bridgehead atoms. The first-order valence-corrected chi connectivity index (χ1v) is 9.17. The summed E-state index contributed by atoms with van der Waals surface area (Å²) in [5.41, 5.74) is 1.13. The first-order chi connectivity index (χ1) is 11.7. The molecule has 1 amide bonds. The van der Waals surface area contributed by atoms with Crippen molar-refractivity contribution in [3.8, 4) is 5.75 Å².